The van der Waals surface area contributed by atoms with E-state index in [2.05, 4.69) is 20.3 Å². The highest BCUT2D eigenvalue weighted by atomic mass is 32.3. The van der Waals surface area contributed by atoms with Crippen molar-refractivity contribution in [1.82, 2.24) is 19.1 Å². The van der Waals surface area contributed by atoms with Gasteiger partial charge in [-0.1, -0.05) is 18.2 Å². The summed E-state index contributed by atoms with van der Waals surface area (Å²) in [5.74, 6) is 0.974. The lowest BCUT2D eigenvalue weighted by Crippen LogP contribution is -2.54. The van der Waals surface area contributed by atoms with Crippen molar-refractivity contribution < 1.29 is 16.8 Å². The maximum absolute atomic E-state index is 12.8. The van der Waals surface area contributed by atoms with Crippen LogP contribution in [0.3, 0.4) is 0 Å². The van der Waals surface area contributed by atoms with Gasteiger partial charge in [-0.2, -0.15) is 15.0 Å². The Labute approximate surface area is 244 Å². The van der Waals surface area contributed by atoms with E-state index in [1.165, 1.54) is 48.5 Å². The predicted molar refractivity (Wildman–Crippen MR) is 159 cm³/mol. The van der Waals surface area contributed by atoms with E-state index < -0.39 is 20.0 Å². The summed E-state index contributed by atoms with van der Waals surface area (Å²) in [6, 6.07) is 12.2. The van der Waals surface area contributed by atoms with Crippen LogP contribution in [0.25, 0.3) is 0 Å². The third kappa shape index (κ3) is 7.12. The zero-order chi connectivity index (χ0) is 30.1. The van der Waals surface area contributed by atoms with Gasteiger partial charge in [-0.25, -0.2) is 16.8 Å². The molecule has 3 heterocycles. The van der Waals surface area contributed by atoms with E-state index in [0.717, 1.165) is 0 Å². The van der Waals surface area contributed by atoms with E-state index in [4.69, 9.17) is 22.9 Å². The van der Waals surface area contributed by atoms with E-state index in [9.17, 15) is 16.8 Å². The van der Waals surface area contributed by atoms with Crippen LogP contribution in [0.5, 0.6) is 0 Å². The van der Waals surface area contributed by atoms with Gasteiger partial charge in [-0.3, -0.25) is 0 Å². The summed E-state index contributed by atoms with van der Waals surface area (Å²) in [4.78, 5) is 17.3. The molecule has 2 aliphatic heterocycles. The monoisotopic (exact) mass is 617 g/mol. The molecule has 5 rings (SSSR count). The first-order valence-corrected chi connectivity index (χ1v) is 16.3. The van der Waals surface area contributed by atoms with Gasteiger partial charge in [0.05, 0.1) is 9.79 Å². The Morgan fingerprint density at radius 2 is 1.05 bits per heavy atom. The molecule has 0 spiro atoms. The van der Waals surface area contributed by atoms with E-state index in [1.54, 1.807) is 10.2 Å². The fourth-order valence-corrected chi connectivity index (χ4v) is 8.00. The molecule has 3 aromatic rings. The lowest BCUT2D eigenvalue weighted by Gasteiger charge is -2.37. The van der Waals surface area contributed by atoms with Crippen LogP contribution in [0.2, 0.25) is 0 Å². The topological polar surface area (TPSA) is 242 Å². The fraction of sp³-hybridized carbons (Fsp3) is 0.400. The number of nitrogens with two attached hydrogens (primary N) is 4. The molecule has 226 valence electrons. The Kier molecular flexibility index (Phi) is 8.61. The summed E-state index contributed by atoms with van der Waals surface area (Å²) in [7, 11) is -8.68. The van der Waals surface area contributed by atoms with Gasteiger partial charge >= 0.3 is 0 Å². The molecule has 0 radical (unpaired) electrons. The molecule has 2 aliphatic rings. The molecular weight excluding hydrogens is 582 g/mol. The van der Waals surface area contributed by atoms with Crippen molar-refractivity contribution in [2.24, 2.45) is 22.9 Å². The first-order valence-electron chi connectivity index (χ1n) is 13.4. The SMILES string of the molecule is N[C@@H]1C[C@H](N)CN(c2nc(Nc3ccc(S(=O)(=O)NS(=O)(=O)c4ccccc4)cc3)nc(N3C[C@H](N)C[C@H](N)C3)n2)C1. The molecule has 10 N–H and O–H groups in total. The number of piperidine rings is 2. The van der Waals surface area contributed by atoms with Crippen LogP contribution >= 0.6 is 0 Å². The molecule has 0 amide bonds. The van der Waals surface area contributed by atoms with Crippen LogP contribution in [0, 0.1) is 0 Å². The largest absolute Gasteiger partial charge is 0.338 e. The number of hydrogen-bond donors (Lipinski definition) is 6. The second-order valence-corrected chi connectivity index (χ2v) is 14.3. The van der Waals surface area contributed by atoms with Crippen LogP contribution in [0.15, 0.2) is 64.4 Å². The van der Waals surface area contributed by atoms with Crippen LogP contribution in [0.4, 0.5) is 23.5 Å². The van der Waals surface area contributed by atoms with Gasteiger partial charge in [0.25, 0.3) is 20.0 Å². The maximum Gasteiger partial charge on any atom is 0.253 e. The lowest BCUT2D eigenvalue weighted by atomic mass is 10.0. The van der Waals surface area contributed by atoms with Gasteiger partial charge in [0.2, 0.25) is 17.8 Å². The zero-order valence-corrected chi connectivity index (χ0v) is 24.4. The molecule has 42 heavy (non-hydrogen) atoms. The van der Waals surface area contributed by atoms with Gasteiger partial charge < -0.3 is 38.1 Å². The van der Waals surface area contributed by atoms with E-state index >= 15 is 0 Å². The van der Waals surface area contributed by atoms with Crippen LogP contribution in [-0.2, 0) is 20.0 Å². The number of anilines is 4. The van der Waals surface area contributed by atoms with Crippen molar-refractivity contribution >= 4 is 43.6 Å². The molecule has 0 aliphatic carbocycles. The van der Waals surface area contributed by atoms with E-state index in [0.29, 0.717) is 56.6 Å². The molecule has 0 saturated carbocycles. The van der Waals surface area contributed by atoms with Crippen molar-refractivity contribution in [3.05, 3.63) is 54.6 Å². The normalized spacial score (nSPS) is 23.5. The predicted octanol–water partition coefficient (Wildman–Crippen LogP) is -0.988. The van der Waals surface area contributed by atoms with Crippen molar-refractivity contribution in [2.45, 2.75) is 46.8 Å². The summed E-state index contributed by atoms with van der Waals surface area (Å²) < 4.78 is 52.6. The Morgan fingerprint density at radius 3 is 1.50 bits per heavy atom. The highest BCUT2D eigenvalue weighted by molar-refractivity contribution is 8.04. The third-order valence-electron chi connectivity index (χ3n) is 6.90. The minimum atomic E-state index is -4.39. The molecule has 2 fully saturated rings. The van der Waals surface area contributed by atoms with Crippen molar-refractivity contribution in [2.75, 3.05) is 41.3 Å². The second-order valence-electron chi connectivity index (χ2n) is 10.6. The molecule has 17 heteroatoms. The highest BCUT2D eigenvalue weighted by Gasteiger charge is 2.29. The number of aromatic nitrogens is 3. The fourth-order valence-electron chi connectivity index (χ4n) is 5.06. The van der Waals surface area contributed by atoms with Crippen molar-refractivity contribution in [3.8, 4) is 0 Å². The van der Waals surface area contributed by atoms with Crippen molar-refractivity contribution in [1.29, 1.82) is 0 Å². The molecular formula is C25H35N11O4S2. The summed E-state index contributed by atoms with van der Waals surface area (Å²) >= 11 is 0. The molecule has 4 atom stereocenters. The Balaban J connectivity index is 1.39. The average molecular weight is 618 g/mol. The van der Waals surface area contributed by atoms with E-state index in [1.807, 2.05) is 9.80 Å². The van der Waals surface area contributed by atoms with Crippen LogP contribution in [-0.4, -0.2) is 82.1 Å². The molecule has 2 saturated heterocycles. The average Bonchev–Trinajstić information content (AvgIpc) is 2.92. The van der Waals surface area contributed by atoms with Gasteiger partial charge in [0, 0.05) is 56.0 Å². The second kappa shape index (κ2) is 12.0. The van der Waals surface area contributed by atoms with Crippen LogP contribution in [0.1, 0.15) is 12.8 Å². The number of nitrogens with zero attached hydrogens (tertiary/aromatic N) is 5. The lowest BCUT2D eigenvalue weighted by molar-refractivity contribution is 0.441. The quantitative estimate of drug-likeness (QED) is 0.178. The number of rotatable bonds is 8. The Bertz CT molecular complexity index is 1540. The van der Waals surface area contributed by atoms with Gasteiger partial charge in [-0.05, 0) is 49.2 Å². The zero-order valence-electron chi connectivity index (χ0n) is 22.7. The maximum atomic E-state index is 12.8. The summed E-state index contributed by atoms with van der Waals surface area (Å²) in [6.45, 7) is 2.06. The number of benzene rings is 2. The minimum absolute atomic E-state index is 0.143. The number of hydrogen-bond acceptors (Lipinski definition) is 14. The molecule has 0 bridgehead atoms. The third-order valence-corrected chi connectivity index (χ3v) is 10.4. The summed E-state index contributed by atoms with van der Waals surface area (Å²) in [6.07, 6.45) is 1.37. The summed E-state index contributed by atoms with van der Waals surface area (Å²) in [5, 5.41) is 3.09. The van der Waals surface area contributed by atoms with Gasteiger partial charge in [0.1, 0.15) is 0 Å². The van der Waals surface area contributed by atoms with E-state index in [-0.39, 0.29) is 39.9 Å². The molecule has 2 aromatic carbocycles. The summed E-state index contributed by atoms with van der Waals surface area (Å²) in [5.41, 5.74) is 25.3. The first-order chi connectivity index (χ1) is 19.9. The molecule has 0 unspecified atom stereocenters. The number of nitrogens with one attached hydrogen (secondary N) is 2. The first kappa shape index (κ1) is 30.0. The van der Waals surface area contributed by atoms with Gasteiger partial charge in [0.15, 0.2) is 0 Å². The minimum Gasteiger partial charge on any atom is -0.338 e. The molecule has 1 aromatic heterocycles. The van der Waals surface area contributed by atoms with Crippen LogP contribution < -0.4 is 42.2 Å². The standard InChI is InChI=1S/C25H35N11O4S2/c26-16-10-17(27)13-35(12-16)24-31-23(32-25(33-24)36-14-18(28)11-19(29)15-36)30-20-6-8-22(9-7-20)42(39,40)34-41(37,38)21-4-2-1-3-5-21/h1-9,16-19,34H,10-15,26-29H2,(H,30,31,32,33)/t16-,17+,18-,19+. The Hall–Kier alpha value is -3.45. The highest BCUT2D eigenvalue weighted by Crippen LogP contribution is 2.25. The smallest absolute Gasteiger partial charge is 0.253 e. The Morgan fingerprint density at radius 1 is 0.619 bits per heavy atom. The van der Waals surface area contributed by atoms with Gasteiger partial charge in [-0.15, -0.1) is 4.13 Å². The molecule has 15 nitrogen and oxygen atoms in total. The van der Waals surface area contributed by atoms with Crippen molar-refractivity contribution in [3.63, 3.8) is 0 Å². The number of sulfonamides is 2.